The summed E-state index contributed by atoms with van der Waals surface area (Å²) in [5.41, 5.74) is 0.550. The smallest absolute Gasteiger partial charge is 0.229 e. The Morgan fingerprint density at radius 1 is 1.44 bits per heavy atom. The van der Waals surface area contributed by atoms with E-state index in [1.165, 1.54) is 0 Å². The molecule has 2 N–H and O–H groups in total. The van der Waals surface area contributed by atoms with Gasteiger partial charge in [-0.3, -0.25) is 4.79 Å². The minimum Gasteiger partial charge on any atom is -0.324 e. The van der Waals surface area contributed by atoms with Crippen LogP contribution in [0, 0.1) is 5.92 Å². The highest BCUT2D eigenvalue weighted by Gasteiger charge is 2.29. The Morgan fingerprint density at radius 2 is 2.17 bits per heavy atom. The lowest BCUT2D eigenvalue weighted by atomic mass is 10.0. The first kappa shape index (κ1) is 14.1. The summed E-state index contributed by atoms with van der Waals surface area (Å²) in [7, 11) is 0. The van der Waals surface area contributed by atoms with Crippen molar-refractivity contribution in [2.24, 2.45) is 5.92 Å². The third kappa shape index (κ3) is 2.82. The van der Waals surface area contributed by atoms with E-state index in [4.69, 9.17) is 23.2 Å². The molecule has 98 valence electrons. The van der Waals surface area contributed by atoms with E-state index in [2.05, 4.69) is 26.6 Å². The van der Waals surface area contributed by atoms with E-state index in [1.54, 1.807) is 12.1 Å². The first-order chi connectivity index (χ1) is 8.50. The summed E-state index contributed by atoms with van der Waals surface area (Å²) in [5.74, 6) is -0.0451. The molecular weight excluding hydrogens is 339 g/mol. The molecule has 1 saturated heterocycles. The van der Waals surface area contributed by atoms with Crippen LogP contribution in [0.25, 0.3) is 0 Å². The van der Waals surface area contributed by atoms with E-state index in [0.717, 1.165) is 13.0 Å². The molecule has 0 aliphatic carbocycles. The van der Waals surface area contributed by atoms with Gasteiger partial charge in [-0.15, -0.1) is 0 Å². The van der Waals surface area contributed by atoms with Gasteiger partial charge in [0.15, 0.2) is 0 Å². The van der Waals surface area contributed by atoms with Crippen LogP contribution in [-0.4, -0.2) is 18.5 Å². The first-order valence-corrected chi connectivity index (χ1v) is 7.23. The highest BCUT2D eigenvalue weighted by atomic mass is 79.9. The van der Waals surface area contributed by atoms with Crippen LogP contribution in [0.1, 0.15) is 13.3 Å². The van der Waals surface area contributed by atoms with Gasteiger partial charge in [-0.25, -0.2) is 0 Å². The van der Waals surface area contributed by atoms with Crippen molar-refractivity contribution in [1.29, 1.82) is 0 Å². The summed E-state index contributed by atoms with van der Waals surface area (Å²) >= 11 is 15.4. The molecule has 2 atom stereocenters. The second-order valence-corrected chi connectivity index (χ2v) is 5.96. The van der Waals surface area contributed by atoms with Gasteiger partial charge in [0.1, 0.15) is 0 Å². The van der Waals surface area contributed by atoms with Crippen molar-refractivity contribution in [3.63, 3.8) is 0 Å². The summed E-state index contributed by atoms with van der Waals surface area (Å²) in [4.78, 5) is 12.1. The van der Waals surface area contributed by atoms with Crippen molar-refractivity contribution in [1.82, 2.24) is 5.32 Å². The van der Waals surface area contributed by atoms with Crippen LogP contribution in [-0.2, 0) is 4.79 Å². The predicted molar refractivity (Wildman–Crippen MR) is 78.4 cm³/mol. The summed E-state index contributed by atoms with van der Waals surface area (Å²) in [6, 6.07) is 3.69. The van der Waals surface area contributed by atoms with Crippen molar-refractivity contribution in [3.8, 4) is 0 Å². The summed E-state index contributed by atoms with van der Waals surface area (Å²) in [5, 5.41) is 6.85. The monoisotopic (exact) mass is 350 g/mol. The van der Waals surface area contributed by atoms with Gasteiger partial charge in [0.05, 0.1) is 21.7 Å². The zero-order chi connectivity index (χ0) is 13.3. The largest absolute Gasteiger partial charge is 0.324 e. The quantitative estimate of drug-likeness (QED) is 0.798. The topological polar surface area (TPSA) is 41.1 Å². The summed E-state index contributed by atoms with van der Waals surface area (Å²) in [6.45, 7) is 2.88. The molecule has 1 aromatic carbocycles. The van der Waals surface area contributed by atoms with Gasteiger partial charge in [0.2, 0.25) is 5.91 Å². The third-order valence-electron chi connectivity index (χ3n) is 3.16. The predicted octanol–water partition coefficient (Wildman–Crippen LogP) is 3.69. The van der Waals surface area contributed by atoms with Crippen molar-refractivity contribution in [2.45, 2.75) is 19.4 Å². The van der Waals surface area contributed by atoms with E-state index >= 15 is 0 Å². The van der Waals surface area contributed by atoms with Crippen LogP contribution in [0.15, 0.2) is 16.6 Å². The van der Waals surface area contributed by atoms with Gasteiger partial charge >= 0.3 is 0 Å². The highest BCUT2D eigenvalue weighted by molar-refractivity contribution is 9.10. The van der Waals surface area contributed by atoms with Crippen LogP contribution >= 0.6 is 39.1 Å². The lowest BCUT2D eigenvalue weighted by molar-refractivity contribution is -0.119. The van der Waals surface area contributed by atoms with E-state index < -0.39 is 0 Å². The fourth-order valence-electron chi connectivity index (χ4n) is 2.06. The molecule has 0 spiro atoms. The van der Waals surface area contributed by atoms with E-state index in [0.29, 0.717) is 20.2 Å². The fourth-order valence-corrected chi connectivity index (χ4v) is 2.89. The van der Waals surface area contributed by atoms with Crippen LogP contribution in [0.3, 0.4) is 0 Å². The number of carbonyl (C=O) groups excluding carboxylic acids is 1. The molecule has 6 heteroatoms. The molecule has 0 saturated carbocycles. The molecule has 0 bridgehead atoms. The van der Waals surface area contributed by atoms with E-state index in [1.807, 2.05) is 6.92 Å². The maximum Gasteiger partial charge on any atom is 0.229 e. The number of amides is 1. The first-order valence-electron chi connectivity index (χ1n) is 5.68. The van der Waals surface area contributed by atoms with Gasteiger partial charge in [-0.2, -0.15) is 0 Å². The SMILES string of the molecule is CC1NCCC1C(=O)Nc1ccc(Br)c(Cl)c1Cl. The van der Waals surface area contributed by atoms with Gasteiger partial charge in [0, 0.05) is 10.5 Å². The molecule has 2 unspecified atom stereocenters. The third-order valence-corrected chi connectivity index (χ3v) is 4.93. The number of nitrogens with one attached hydrogen (secondary N) is 2. The van der Waals surface area contributed by atoms with Crippen molar-refractivity contribution < 1.29 is 4.79 Å². The average Bonchev–Trinajstić information content (AvgIpc) is 2.76. The Morgan fingerprint density at radius 3 is 2.78 bits per heavy atom. The molecule has 3 nitrogen and oxygen atoms in total. The second-order valence-electron chi connectivity index (χ2n) is 4.35. The molecule has 1 fully saturated rings. The maximum absolute atomic E-state index is 12.1. The normalized spacial score (nSPS) is 23.1. The Labute approximate surface area is 124 Å². The minimum absolute atomic E-state index is 0.0206. The van der Waals surface area contributed by atoms with Crippen LogP contribution in [0.2, 0.25) is 10.0 Å². The molecular formula is C12H13BrCl2N2O. The zero-order valence-electron chi connectivity index (χ0n) is 9.77. The Balaban J connectivity index is 2.14. The Hall–Kier alpha value is -0.290. The maximum atomic E-state index is 12.1. The molecule has 2 rings (SSSR count). The highest BCUT2D eigenvalue weighted by Crippen LogP contribution is 2.36. The number of halogens is 3. The molecule has 1 amide bonds. The number of anilines is 1. The molecule has 1 aliphatic rings. The lowest BCUT2D eigenvalue weighted by Crippen LogP contribution is -2.32. The summed E-state index contributed by atoms with van der Waals surface area (Å²) < 4.78 is 0.711. The Bertz CT molecular complexity index is 481. The lowest BCUT2D eigenvalue weighted by Gasteiger charge is -2.16. The number of benzene rings is 1. The Kier molecular flexibility index (Phi) is 4.54. The number of rotatable bonds is 2. The van der Waals surface area contributed by atoms with Crippen molar-refractivity contribution in [2.75, 3.05) is 11.9 Å². The van der Waals surface area contributed by atoms with Crippen LogP contribution < -0.4 is 10.6 Å². The minimum atomic E-state index is -0.0245. The molecule has 18 heavy (non-hydrogen) atoms. The van der Waals surface area contributed by atoms with Gasteiger partial charge < -0.3 is 10.6 Å². The fraction of sp³-hybridized carbons (Fsp3) is 0.417. The van der Waals surface area contributed by atoms with Crippen LogP contribution in [0.5, 0.6) is 0 Å². The zero-order valence-corrected chi connectivity index (χ0v) is 12.9. The van der Waals surface area contributed by atoms with Gasteiger partial charge in [-0.05, 0) is 48.0 Å². The van der Waals surface area contributed by atoms with E-state index in [9.17, 15) is 4.79 Å². The van der Waals surface area contributed by atoms with Crippen molar-refractivity contribution in [3.05, 3.63) is 26.7 Å². The molecule has 1 aromatic rings. The van der Waals surface area contributed by atoms with Crippen LogP contribution in [0.4, 0.5) is 5.69 Å². The average molecular weight is 352 g/mol. The standard InChI is InChI=1S/C12H13BrCl2N2O/c1-6-7(4-5-16-6)12(18)17-9-3-2-8(13)10(14)11(9)15/h2-3,6-7,16H,4-5H2,1H3,(H,17,18). The van der Waals surface area contributed by atoms with E-state index in [-0.39, 0.29) is 17.9 Å². The van der Waals surface area contributed by atoms with Gasteiger partial charge in [0.25, 0.3) is 0 Å². The number of hydrogen-bond donors (Lipinski definition) is 2. The van der Waals surface area contributed by atoms with Gasteiger partial charge in [-0.1, -0.05) is 23.2 Å². The molecule has 0 aromatic heterocycles. The number of hydrogen-bond acceptors (Lipinski definition) is 2. The molecule has 0 radical (unpaired) electrons. The summed E-state index contributed by atoms with van der Waals surface area (Å²) in [6.07, 6.45) is 0.842. The molecule has 1 heterocycles. The number of carbonyl (C=O) groups is 1. The van der Waals surface area contributed by atoms with Crippen molar-refractivity contribution >= 4 is 50.7 Å². The second kappa shape index (κ2) is 5.78. The molecule has 1 aliphatic heterocycles.